The van der Waals surface area contributed by atoms with Crippen LogP contribution in [-0.4, -0.2) is 130 Å². The van der Waals surface area contributed by atoms with Crippen molar-refractivity contribution < 1.29 is 0 Å². The van der Waals surface area contributed by atoms with Crippen molar-refractivity contribution in [3.8, 4) is 201 Å². The van der Waals surface area contributed by atoms with Crippen LogP contribution in [0.4, 0.5) is 0 Å². The molecule has 18 heteroatoms. The van der Waals surface area contributed by atoms with Gasteiger partial charge in [0.15, 0.2) is 0 Å². The lowest BCUT2D eigenvalue weighted by Crippen LogP contribution is -2.72. The van der Waals surface area contributed by atoms with Gasteiger partial charge >= 0.3 is 0 Å². The highest BCUT2D eigenvalue weighted by molar-refractivity contribution is 7.89. The Morgan fingerprint density at radius 2 is 0.650 bits per heavy atom. The van der Waals surface area contributed by atoms with E-state index >= 15 is 0 Å². The monoisotopic (exact) mass is 1290 g/mol. The zero-order valence-corrected chi connectivity index (χ0v) is 66.1. The number of terminal acetylenes is 3. The van der Waals surface area contributed by atoms with Gasteiger partial charge in [-0.3, -0.25) is 0 Å². The van der Waals surface area contributed by atoms with Crippen molar-refractivity contribution in [1.29, 1.82) is 0 Å². The van der Waals surface area contributed by atoms with E-state index in [4.69, 9.17) is 19.3 Å². The summed E-state index contributed by atoms with van der Waals surface area (Å²) in [6.07, 6.45) is 19.3. The molecule has 0 fully saturated rings. The summed E-state index contributed by atoms with van der Waals surface area (Å²) < 4.78 is 0. The molecule has 0 N–H and O–H groups in total. The molecule has 0 amide bonds. The average Bonchev–Trinajstić information content (AvgIpc) is 0.682. The first-order chi connectivity index (χ1) is 49.1. The van der Waals surface area contributed by atoms with Crippen molar-refractivity contribution in [3.63, 3.8) is 0 Å². The van der Waals surface area contributed by atoms with Crippen molar-refractivity contribution in [1.82, 2.24) is 0 Å². The van der Waals surface area contributed by atoms with E-state index in [2.05, 4.69) is 334 Å². The fourth-order valence-electron chi connectivity index (χ4n) is 17.2. The minimum atomic E-state index is 0.336. The molecule has 8 aromatic rings. The molecular formula is C85H76B18. The van der Waals surface area contributed by atoms with Crippen LogP contribution in [0, 0.1) is 276 Å². The molecule has 0 aliphatic carbocycles. The quantitative estimate of drug-likeness (QED) is 0.0794. The zero-order valence-electron chi connectivity index (χ0n) is 66.1. The average molecular weight is 1290 g/mol. The van der Waals surface area contributed by atoms with E-state index in [0.717, 1.165) is 74.5 Å². The van der Waals surface area contributed by atoms with E-state index in [-0.39, 0.29) is 0 Å². The van der Waals surface area contributed by atoms with Gasteiger partial charge < -0.3 is 0 Å². The molecule has 0 spiro atoms. The Morgan fingerprint density at radius 3 is 1.17 bits per heavy atom. The van der Waals surface area contributed by atoms with Gasteiger partial charge in [-0.15, -0.1) is 30.7 Å². The molecular weight excluding hydrogens is 1220 g/mol. The molecule has 0 atom stereocenters. The second-order valence-electron chi connectivity index (χ2n) is 28.5. The van der Waals surface area contributed by atoms with Gasteiger partial charge in [-0.2, -0.15) is 0 Å². The lowest BCUT2D eigenvalue weighted by Gasteiger charge is -2.36. The molecule has 0 heterocycles. The summed E-state index contributed by atoms with van der Waals surface area (Å²) in [6, 6.07) is 0. The Hall–Kier alpha value is -10.4. The van der Waals surface area contributed by atoms with Gasteiger partial charge in [-0.1, -0.05) is 69.3 Å². The second-order valence-corrected chi connectivity index (χ2v) is 28.5. The molecule has 8 aromatic carbocycles. The van der Waals surface area contributed by atoms with Gasteiger partial charge in [-0.25, -0.2) is 0 Å². The molecule has 8 rings (SSSR count). The summed E-state index contributed by atoms with van der Waals surface area (Å²) in [7, 11) is 26.3. The summed E-state index contributed by atoms with van der Waals surface area (Å²) in [4.78, 5) is 0. The van der Waals surface area contributed by atoms with Crippen LogP contribution in [0.1, 0.15) is 132 Å². The molecule has 470 valence electrons. The van der Waals surface area contributed by atoms with E-state index in [1.54, 1.807) is 24.8 Å². The SMILES string of the molecule is BBB(B)B(B(B)B)c1c(B(B(B)B)B(B)B)c(C)c(C)c2c(C)c(-c3c(C)c(C)c(C)c4c(-c5c(C)c6c(C)c(C)c(C#CC)c(C#CC#C)c6c6c(C#CC#CC)c(C#CC#CC#C)c(C#CC#CC#CC)c(C#CC#CC#CC#C)c56)c5c(C)c(C)c(C)c(C)c5c(C)c34)c(BB)c(B)c12. The van der Waals surface area contributed by atoms with Crippen LogP contribution >= 0.6 is 0 Å². The van der Waals surface area contributed by atoms with Gasteiger partial charge in [0.2, 0.25) is 0 Å². The van der Waals surface area contributed by atoms with Crippen LogP contribution in [0.25, 0.3) is 76.1 Å². The van der Waals surface area contributed by atoms with E-state index in [9.17, 15) is 0 Å². The van der Waals surface area contributed by atoms with Crippen LogP contribution in [0.5, 0.6) is 0 Å². The molecule has 103 heavy (non-hydrogen) atoms. The molecule has 0 aliphatic rings. The van der Waals surface area contributed by atoms with Crippen LogP contribution in [-0.2, 0) is 0 Å². The van der Waals surface area contributed by atoms with E-state index in [1.807, 2.05) is 6.92 Å². The molecule has 0 saturated carbocycles. The molecule has 0 aromatic heterocycles. The minimum absolute atomic E-state index is 0.336. The van der Waals surface area contributed by atoms with Crippen LogP contribution < -0.4 is 21.9 Å². The zero-order chi connectivity index (χ0) is 75.9. The third-order valence-corrected chi connectivity index (χ3v) is 22.4. The van der Waals surface area contributed by atoms with E-state index in [1.165, 1.54) is 105 Å². The highest BCUT2D eigenvalue weighted by Gasteiger charge is 2.40. The summed E-state index contributed by atoms with van der Waals surface area (Å²) in [6.45, 7) is 38.5. The summed E-state index contributed by atoms with van der Waals surface area (Å²) >= 11 is 0. The predicted molar refractivity (Wildman–Crippen MR) is 495 cm³/mol. The highest BCUT2D eigenvalue weighted by Crippen LogP contribution is 2.55. The fourth-order valence-corrected chi connectivity index (χ4v) is 17.2. The summed E-state index contributed by atoms with van der Waals surface area (Å²) in [5.74, 6) is 82.5. The smallest absolute Gasteiger partial charge is 0.106 e. The molecule has 0 radical (unpaired) electrons. The third-order valence-electron chi connectivity index (χ3n) is 22.4. The Bertz CT molecular complexity index is 6120. The van der Waals surface area contributed by atoms with Crippen molar-refractivity contribution in [2.75, 3.05) is 0 Å². The Kier molecular flexibility index (Phi) is 25.2. The van der Waals surface area contributed by atoms with Crippen molar-refractivity contribution in [3.05, 3.63) is 111 Å². The largest absolute Gasteiger partial charge is 0.139 e. The summed E-state index contributed by atoms with van der Waals surface area (Å²) in [5.41, 5.74) is 30.4. The summed E-state index contributed by atoms with van der Waals surface area (Å²) in [5, 5.41) is 10.7. The normalized spacial score (nSPS) is 9.61. The first-order valence-electron chi connectivity index (χ1n) is 36.0. The van der Waals surface area contributed by atoms with Gasteiger partial charge in [-0.05, 0) is 357 Å². The maximum atomic E-state index is 6.18. The van der Waals surface area contributed by atoms with Gasteiger partial charge in [0.25, 0.3) is 0 Å². The lowest BCUT2D eigenvalue weighted by molar-refractivity contribution is 1.24. The van der Waals surface area contributed by atoms with Crippen LogP contribution in [0.3, 0.4) is 0 Å². The number of benzene rings is 8. The van der Waals surface area contributed by atoms with Crippen molar-refractivity contribution >= 4 is 206 Å². The topological polar surface area (TPSA) is 0 Å². The number of hydrogen-bond acceptors (Lipinski definition) is 0. The predicted octanol–water partition coefficient (Wildman–Crippen LogP) is 0.148. The first kappa shape index (κ1) is 78.4. The second kappa shape index (κ2) is 33.2. The van der Waals surface area contributed by atoms with Gasteiger partial charge in [0.05, 0.1) is 105 Å². The maximum Gasteiger partial charge on any atom is 0.139 e. The molecule has 0 aliphatic heterocycles. The molecule has 0 unspecified atom stereocenters. The van der Waals surface area contributed by atoms with Gasteiger partial charge in [0, 0.05) is 59.9 Å². The Labute approximate surface area is 631 Å². The minimum Gasteiger partial charge on any atom is -0.106 e. The first-order valence-corrected chi connectivity index (χ1v) is 36.0. The molecule has 0 nitrogen and oxygen atoms in total. The Balaban J connectivity index is 1.95. The standard InChI is InChI=1S/C85H76B18/c1-21-27-32-35-37-41-47-66-63(45-40-36-33-28-22-2)64(44-39-34-29-23-3)67(46-38-30-24-4)79-77-65(43-31-25-5)62(42-26-6)51(10)56(15)69(77)60(19)75(78(66)79)80-71-53(12)49(8)48(7)52(11)68(71)59(18)74-72(54(13)50(9)55(14)73(74)80)76-61(20)70-57(16)58(17)84(98(100(89)90)101(91)92)85(81(70)82(86)83(76)96-87)99(102(93)94)103(95)97-88/h1,3,5,96-97H,86-95H2,2,4,6-20H3. The number of rotatable bonds is 10. The van der Waals surface area contributed by atoms with E-state index in [0.29, 0.717) is 71.7 Å². The van der Waals surface area contributed by atoms with Crippen LogP contribution in [0.15, 0.2) is 0 Å². The van der Waals surface area contributed by atoms with Crippen LogP contribution in [0.2, 0.25) is 0 Å². The third kappa shape index (κ3) is 13.8. The highest BCUT2D eigenvalue weighted by atomic mass is 14.3. The number of fused-ring (bicyclic) bond motifs is 6. The molecule has 0 saturated heterocycles. The van der Waals surface area contributed by atoms with Crippen molar-refractivity contribution in [2.24, 2.45) is 0 Å². The van der Waals surface area contributed by atoms with Gasteiger partial charge in [0.1, 0.15) is 15.0 Å². The number of aryl methyl sites for hydroxylation is 8. The molecule has 0 bridgehead atoms. The van der Waals surface area contributed by atoms with Crippen molar-refractivity contribution in [2.45, 2.75) is 118 Å². The Morgan fingerprint density at radius 1 is 0.282 bits per heavy atom. The fraction of sp³-hybridized carbons (Fsp3) is 0.200. The number of hydrogen-bond donors (Lipinski definition) is 0. The maximum absolute atomic E-state index is 6.18. The van der Waals surface area contributed by atoms with E-state index < -0.39 is 0 Å². The lowest BCUT2D eigenvalue weighted by atomic mass is 8.67.